The summed E-state index contributed by atoms with van der Waals surface area (Å²) in [5.41, 5.74) is 5.88. The van der Waals surface area contributed by atoms with Gasteiger partial charge in [0.25, 0.3) is 0 Å². The fourth-order valence-electron chi connectivity index (χ4n) is 7.40. The van der Waals surface area contributed by atoms with Crippen LogP contribution in [0.3, 0.4) is 0 Å². The fourth-order valence-corrected chi connectivity index (χ4v) is 10.8. The molecule has 0 saturated carbocycles. The molecule has 0 spiro atoms. The normalized spacial score (nSPS) is 14.2. The predicted molar refractivity (Wildman–Crippen MR) is 229 cm³/mol. The number of aromatic nitrogens is 2. The van der Waals surface area contributed by atoms with Crippen LogP contribution in [0.2, 0.25) is 0 Å². The molecule has 15 nitrogen and oxygen atoms in total. The molecule has 6 rings (SSSR count). The van der Waals surface area contributed by atoms with Crippen LogP contribution >= 0.6 is 0 Å². The van der Waals surface area contributed by atoms with Gasteiger partial charge in [-0.3, -0.25) is 14.4 Å². The molecule has 0 unspecified atom stereocenters. The number of carbonyl (C=O) groups excluding carboxylic acids is 3. The van der Waals surface area contributed by atoms with Crippen molar-refractivity contribution in [1.29, 1.82) is 5.26 Å². The lowest BCUT2D eigenvalue weighted by Gasteiger charge is -2.18. The standard InChI is InChI=1S/C22H27N3O4S.C11H14N2O2.C11H13NO3S/c1-5-29-21(26)15-25-16(2)19(22(23-4)17(25)3)14-18-10-6-7-11-20(18)30(27,28)24-12-8-9-13-24;1-4-15-11(14)7-13-8(2)5-10(6-12)9(13)3;13-9-10-5-1-2-6-11(10)16(14,15)12-7-3-4-8-12/h6-7,10-11H,5,8-9,12-15H2,1-3H3;5H,4,7H2,1-3H3;1-2,5-6,9H,3-4,7-8H2. The average Bonchev–Trinajstić information content (AvgIpc) is 4.07. The molecule has 0 N–H and O–H groups in total. The molecule has 0 bridgehead atoms. The molecular weight excluding hydrogens is 821 g/mol. The third-order valence-electron chi connectivity index (χ3n) is 10.6. The first-order valence-electron chi connectivity index (χ1n) is 20.1. The van der Waals surface area contributed by atoms with Crippen LogP contribution in [-0.4, -0.2) is 92.2 Å². The number of ether oxygens (including phenoxy) is 2. The van der Waals surface area contributed by atoms with Crippen molar-refractivity contribution in [3.8, 4) is 6.07 Å². The van der Waals surface area contributed by atoms with Gasteiger partial charge in [-0.2, -0.15) is 13.9 Å². The molecule has 61 heavy (non-hydrogen) atoms. The first kappa shape index (κ1) is 48.1. The lowest BCUT2D eigenvalue weighted by molar-refractivity contribution is -0.144. The number of nitrogens with zero attached hydrogens (tertiary/aromatic N) is 6. The Kier molecular flexibility index (Phi) is 17.2. The van der Waals surface area contributed by atoms with Crippen LogP contribution in [0.25, 0.3) is 4.85 Å². The van der Waals surface area contributed by atoms with Gasteiger partial charge in [0.2, 0.25) is 25.7 Å². The predicted octanol–water partition coefficient (Wildman–Crippen LogP) is 6.42. The smallest absolute Gasteiger partial charge is 0.325 e. The first-order chi connectivity index (χ1) is 29.1. The Hall–Kier alpha value is -5.59. The molecule has 2 fully saturated rings. The molecule has 0 radical (unpaired) electrons. The van der Waals surface area contributed by atoms with Gasteiger partial charge in [0.05, 0.1) is 35.1 Å². The highest BCUT2D eigenvalue weighted by Crippen LogP contribution is 2.34. The zero-order chi connectivity index (χ0) is 44.9. The second-order valence-electron chi connectivity index (χ2n) is 14.5. The molecule has 2 aliphatic rings. The number of carbonyl (C=O) groups is 3. The highest BCUT2D eigenvalue weighted by atomic mass is 32.2. The second-order valence-corrected chi connectivity index (χ2v) is 18.3. The van der Waals surface area contributed by atoms with E-state index >= 15 is 0 Å². The number of rotatable bonds is 13. The van der Waals surface area contributed by atoms with Crippen molar-refractivity contribution in [2.24, 2.45) is 0 Å². The van der Waals surface area contributed by atoms with Gasteiger partial charge in [0, 0.05) is 54.5 Å². The third kappa shape index (κ3) is 11.4. The fraction of sp³-hybridized carbons (Fsp3) is 0.432. The monoisotopic (exact) mass is 874 g/mol. The highest BCUT2D eigenvalue weighted by molar-refractivity contribution is 7.89. The van der Waals surface area contributed by atoms with E-state index in [0.717, 1.165) is 48.3 Å². The maximum Gasteiger partial charge on any atom is 0.325 e. The number of esters is 2. The van der Waals surface area contributed by atoms with Crippen LogP contribution in [-0.2, 0) is 58.6 Å². The van der Waals surface area contributed by atoms with Gasteiger partial charge in [-0.05, 0) is 103 Å². The molecule has 326 valence electrons. The number of hydrogen-bond acceptors (Lipinski definition) is 10. The van der Waals surface area contributed by atoms with Crippen LogP contribution < -0.4 is 0 Å². The molecule has 4 heterocycles. The van der Waals surface area contributed by atoms with Gasteiger partial charge in [-0.15, -0.1) is 0 Å². The summed E-state index contributed by atoms with van der Waals surface area (Å²) >= 11 is 0. The van der Waals surface area contributed by atoms with Crippen molar-refractivity contribution in [3.63, 3.8) is 0 Å². The lowest BCUT2D eigenvalue weighted by Crippen LogP contribution is -2.28. The minimum absolute atomic E-state index is 0.0295. The Balaban J connectivity index is 0.000000222. The van der Waals surface area contributed by atoms with E-state index in [1.54, 1.807) is 66.3 Å². The third-order valence-corrected chi connectivity index (χ3v) is 14.6. The largest absolute Gasteiger partial charge is 0.465 e. The quantitative estimate of drug-likeness (QED) is 0.0826. The number of benzene rings is 2. The maximum atomic E-state index is 13.2. The summed E-state index contributed by atoms with van der Waals surface area (Å²) in [4.78, 5) is 38.2. The number of hydrogen-bond donors (Lipinski definition) is 0. The lowest BCUT2D eigenvalue weighted by atomic mass is 10.0. The van der Waals surface area contributed by atoms with Crippen molar-refractivity contribution in [1.82, 2.24) is 17.7 Å². The zero-order valence-electron chi connectivity index (χ0n) is 35.6. The Morgan fingerprint density at radius 2 is 1.25 bits per heavy atom. The van der Waals surface area contributed by atoms with Gasteiger partial charge < -0.3 is 18.6 Å². The molecule has 2 saturated heterocycles. The Morgan fingerprint density at radius 1 is 0.754 bits per heavy atom. The summed E-state index contributed by atoms with van der Waals surface area (Å²) in [6, 6.07) is 17.1. The molecule has 4 aromatic rings. The van der Waals surface area contributed by atoms with Crippen molar-refractivity contribution >= 4 is 44.0 Å². The highest BCUT2D eigenvalue weighted by Gasteiger charge is 2.31. The van der Waals surface area contributed by atoms with Crippen molar-refractivity contribution in [3.05, 3.63) is 111 Å². The number of aryl methyl sites for hydroxylation is 1. The van der Waals surface area contributed by atoms with E-state index in [1.165, 1.54) is 20.7 Å². The maximum absolute atomic E-state index is 13.2. The van der Waals surface area contributed by atoms with Crippen LogP contribution in [0.15, 0.2) is 64.4 Å². The van der Waals surface area contributed by atoms with E-state index in [1.807, 2.05) is 26.8 Å². The van der Waals surface area contributed by atoms with Gasteiger partial charge >= 0.3 is 11.9 Å². The van der Waals surface area contributed by atoms with Gasteiger partial charge in [-0.1, -0.05) is 36.4 Å². The van der Waals surface area contributed by atoms with Crippen molar-refractivity contribution in [2.45, 2.75) is 96.5 Å². The van der Waals surface area contributed by atoms with E-state index in [9.17, 15) is 31.2 Å². The molecule has 2 aliphatic heterocycles. The van der Waals surface area contributed by atoms with E-state index in [-0.39, 0.29) is 40.4 Å². The Morgan fingerprint density at radius 3 is 1.74 bits per heavy atom. The number of nitriles is 1. The Labute approximate surface area is 359 Å². The summed E-state index contributed by atoms with van der Waals surface area (Å²) in [6.07, 6.45) is 4.42. The Bertz CT molecular complexity index is 2520. The van der Waals surface area contributed by atoms with E-state index < -0.39 is 20.0 Å². The van der Waals surface area contributed by atoms with Gasteiger partial charge in [0.1, 0.15) is 19.2 Å². The molecule has 2 aromatic heterocycles. The molecular formula is C44H54N6O9S2. The zero-order valence-corrected chi connectivity index (χ0v) is 37.3. The number of aldehydes is 1. The van der Waals surface area contributed by atoms with E-state index in [4.69, 9.17) is 21.3 Å². The molecule has 0 aliphatic carbocycles. The van der Waals surface area contributed by atoms with Gasteiger partial charge in [-0.25, -0.2) is 21.7 Å². The molecule has 2 aromatic carbocycles. The average molecular weight is 875 g/mol. The van der Waals surface area contributed by atoms with E-state index in [0.29, 0.717) is 74.6 Å². The SMILES string of the molecule is CCOC(=O)Cn1c(C)cc(C#N)c1C.O=Cc1ccccc1S(=O)(=O)N1CCCC1.[C-]#[N+]c1c(Cc2ccccc2S(=O)(=O)N2CCCC2)c(C)n(CC(=O)OCC)c1C. The van der Waals surface area contributed by atoms with Crippen LogP contribution in [0, 0.1) is 45.6 Å². The molecule has 0 atom stereocenters. The summed E-state index contributed by atoms with van der Waals surface area (Å²) in [7, 11) is -7.06. The second kappa shape index (κ2) is 21.8. The van der Waals surface area contributed by atoms with Crippen LogP contribution in [0.5, 0.6) is 0 Å². The van der Waals surface area contributed by atoms with Crippen LogP contribution in [0.1, 0.15) is 89.4 Å². The van der Waals surface area contributed by atoms with Crippen molar-refractivity contribution < 1.29 is 40.7 Å². The van der Waals surface area contributed by atoms with Gasteiger partial charge in [0.15, 0.2) is 6.29 Å². The van der Waals surface area contributed by atoms with E-state index in [2.05, 4.69) is 10.9 Å². The topological polar surface area (TPSA) is 182 Å². The first-order valence-corrected chi connectivity index (χ1v) is 23.0. The van der Waals surface area contributed by atoms with Crippen LogP contribution in [0.4, 0.5) is 5.69 Å². The summed E-state index contributed by atoms with van der Waals surface area (Å²) in [6.45, 7) is 21.6. The minimum Gasteiger partial charge on any atom is -0.465 e. The molecule has 0 amide bonds. The summed E-state index contributed by atoms with van der Waals surface area (Å²) in [5, 5.41) is 8.81. The number of sulfonamides is 2. The summed E-state index contributed by atoms with van der Waals surface area (Å²) in [5.74, 6) is -0.636. The van der Waals surface area contributed by atoms with Crippen molar-refractivity contribution in [2.75, 3.05) is 39.4 Å². The minimum atomic E-state index is -3.58. The summed E-state index contributed by atoms with van der Waals surface area (Å²) < 4.78 is 67.2. The molecule has 17 heteroatoms.